The van der Waals surface area contributed by atoms with Crippen molar-refractivity contribution in [3.8, 4) is 0 Å². The van der Waals surface area contributed by atoms with Gasteiger partial charge < -0.3 is 14.6 Å². The van der Waals surface area contributed by atoms with E-state index in [1.165, 1.54) is 24.8 Å². The van der Waals surface area contributed by atoms with Crippen LogP contribution in [0.3, 0.4) is 0 Å². The summed E-state index contributed by atoms with van der Waals surface area (Å²) in [5, 5.41) is 9.37. The van der Waals surface area contributed by atoms with E-state index in [1.54, 1.807) is 12.4 Å². The van der Waals surface area contributed by atoms with Crippen LogP contribution in [0, 0.1) is 0 Å². The molecule has 1 N–H and O–H groups in total. The van der Waals surface area contributed by atoms with E-state index >= 15 is 0 Å². The van der Waals surface area contributed by atoms with Gasteiger partial charge in [0.15, 0.2) is 11.5 Å². The van der Waals surface area contributed by atoms with E-state index in [2.05, 4.69) is 30.6 Å². The smallest absolute Gasteiger partial charge is 0.376 e. The van der Waals surface area contributed by atoms with Crippen LogP contribution in [0.4, 0.5) is 18.9 Å². The van der Waals surface area contributed by atoms with Crippen LogP contribution in [-0.2, 0) is 27.8 Å². The van der Waals surface area contributed by atoms with Crippen LogP contribution < -0.4 is 5.32 Å². The lowest BCUT2D eigenvalue weighted by molar-refractivity contribution is -0.141. The van der Waals surface area contributed by atoms with Crippen molar-refractivity contribution in [3.05, 3.63) is 60.2 Å². The third-order valence-electron chi connectivity index (χ3n) is 5.54. The van der Waals surface area contributed by atoms with Gasteiger partial charge in [0.1, 0.15) is 18.5 Å². The van der Waals surface area contributed by atoms with Crippen molar-refractivity contribution in [1.82, 2.24) is 34.5 Å². The minimum Gasteiger partial charge on any atom is -0.376 e. The molecule has 1 aliphatic heterocycles. The van der Waals surface area contributed by atoms with Crippen LogP contribution in [0.15, 0.2) is 43.4 Å². The summed E-state index contributed by atoms with van der Waals surface area (Å²) in [5.74, 6) is -1.03. The van der Waals surface area contributed by atoms with Crippen molar-refractivity contribution < 1.29 is 27.5 Å². The van der Waals surface area contributed by atoms with E-state index in [-0.39, 0.29) is 22.6 Å². The van der Waals surface area contributed by atoms with Crippen molar-refractivity contribution in [2.75, 3.05) is 18.5 Å². The third kappa shape index (κ3) is 4.23. The number of hydrogen-bond donors (Lipinski definition) is 1. The van der Waals surface area contributed by atoms with Gasteiger partial charge in [0.25, 0.3) is 0 Å². The highest BCUT2D eigenvalue weighted by atomic mass is 19.4. The molecule has 0 radical (unpaired) electrons. The van der Waals surface area contributed by atoms with Gasteiger partial charge >= 0.3 is 6.18 Å². The van der Waals surface area contributed by atoms with Gasteiger partial charge in [-0.05, 0) is 13.0 Å². The molecule has 0 aliphatic carbocycles. The number of anilines is 1. The number of rotatable bonds is 6. The molecule has 1 amide bonds. The molecule has 1 aliphatic rings. The first-order valence-corrected chi connectivity index (χ1v) is 10.3. The number of fused-ring (bicyclic) bond motifs is 1. The largest absolute Gasteiger partial charge is 0.436 e. The highest BCUT2D eigenvalue weighted by Gasteiger charge is 2.38. The molecule has 11 nitrogen and oxygen atoms in total. The Morgan fingerprint density at radius 2 is 1.97 bits per heavy atom. The van der Waals surface area contributed by atoms with Crippen LogP contribution >= 0.6 is 0 Å². The maximum Gasteiger partial charge on any atom is 0.436 e. The SMILES string of the molecule is CC1(n2cc(C(=O)c3cncc(NC(=O)Cn4cc(C(F)(F)F)nn4)c3)c3cncnc32)COC1. The summed E-state index contributed by atoms with van der Waals surface area (Å²) in [6.45, 7) is 2.45. The van der Waals surface area contributed by atoms with Gasteiger partial charge in [0.2, 0.25) is 5.91 Å². The Hall–Kier alpha value is -4.20. The number of nitrogens with zero attached hydrogens (tertiary/aromatic N) is 7. The van der Waals surface area contributed by atoms with E-state index < -0.39 is 24.3 Å². The van der Waals surface area contributed by atoms with Crippen molar-refractivity contribution in [1.29, 1.82) is 0 Å². The Bertz CT molecular complexity index is 1440. The molecule has 180 valence electrons. The van der Waals surface area contributed by atoms with E-state index in [1.807, 2.05) is 11.5 Å². The molecule has 1 saturated heterocycles. The lowest BCUT2D eigenvalue weighted by Crippen LogP contribution is -2.48. The molecule has 0 aromatic carbocycles. The fourth-order valence-corrected chi connectivity index (χ4v) is 3.74. The minimum absolute atomic E-state index is 0.191. The monoisotopic (exact) mass is 486 g/mol. The van der Waals surface area contributed by atoms with E-state index in [0.717, 1.165) is 4.68 Å². The molecular formula is C21H17F3N8O3. The molecule has 0 bridgehead atoms. The minimum atomic E-state index is -4.66. The summed E-state index contributed by atoms with van der Waals surface area (Å²) in [6.07, 6.45) is 3.30. The summed E-state index contributed by atoms with van der Waals surface area (Å²) in [6, 6.07) is 1.43. The number of carbonyl (C=O) groups is 2. The Balaban J connectivity index is 1.37. The number of carbonyl (C=O) groups excluding carboxylic acids is 2. The number of ketones is 1. The molecule has 35 heavy (non-hydrogen) atoms. The van der Waals surface area contributed by atoms with Gasteiger partial charge in [0, 0.05) is 29.5 Å². The normalized spacial score (nSPS) is 15.1. The Morgan fingerprint density at radius 1 is 1.17 bits per heavy atom. The van der Waals surface area contributed by atoms with E-state index in [0.29, 0.717) is 36.0 Å². The Labute approximate surface area is 194 Å². The predicted octanol–water partition coefficient (Wildman–Crippen LogP) is 2.05. The summed E-state index contributed by atoms with van der Waals surface area (Å²) in [7, 11) is 0. The summed E-state index contributed by atoms with van der Waals surface area (Å²) < 4.78 is 46.0. The Morgan fingerprint density at radius 3 is 2.66 bits per heavy atom. The first kappa shape index (κ1) is 22.6. The quantitative estimate of drug-likeness (QED) is 0.410. The van der Waals surface area contributed by atoms with Crippen LogP contribution in [0.2, 0.25) is 0 Å². The standard InChI is InChI=1S/C21H17F3N8O3/c1-20(9-35-10-20)32-6-15(14-5-26-11-27-19(14)32)18(34)12-2-13(4-25-3-12)28-17(33)8-31-7-16(29-30-31)21(22,23)24/h2-7,11H,8-10H2,1H3,(H,28,33). The maximum atomic E-state index is 13.4. The van der Waals surface area contributed by atoms with Crippen LogP contribution in [0.1, 0.15) is 28.5 Å². The number of pyridine rings is 1. The zero-order valence-corrected chi connectivity index (χ0v) is 18.2. The van der Waals surface area contributed by atoms with Crippen LogP contribution in [0.25, 0.3) is 11.0 Å². The number of hydrogen-bond acceptors (Lipinski definition) is 8. The lowest BCUT2D eigenvalue weighted by atomic mass is 10.0. The number of aromatic nitrogens is 7. The van der Waals surface area contributed by atoms with Gasteiger partial charge in [0.05, 0.1) is 42.4 Å². The molecule has 14 heteroatoms. The predicted molar refractivity (Wildman–Crippen MR) is 113 cm³/mol. The van der Waals surface area contributed by atoms with Gasteiger partial charge in [-0.3, -0.25) is 14.6 Å². The second-order valence-corrected chi connectivity index (χ2v) is 8.30. The maximum absolute atomic E-state index is 13.4. The first-order chi connectivity index (χ1) is 16.6. The summed E-state index contributed by atoms with van der Waals surface area (Å²) >= 11 is 0. The van der Waals surface area contributed by atoms with Gasteiger partial charge in [-0.2, -0.15) is 13.2 Å². The molecule has 0 atom stereocenters. The number of nitrogens with one attached hydrogen (secondary N) is 1. The van der Waals surface area contributed by atoms with Crippen molar-refractivity contribution in [2.45, 2.75) is 25.2 Å². The first-order valence-electron chi connectivity index (χ1n) is 10.3. The van der Waals surface area contributed by atoms with Crippen LogP contribution in [-0.4, -0.2) is 59.4 Å². The summed E-state index contributed by atoms with van der Waals surface area (Å²) in [5.41, 5.74) is -0.201. The second-order valence-electron chi connectivity index (χ2n) is 8.30. The molecule has 5 heterocycles. The second kappa shape index (κ2) is 8.23. The molecule has 4 aromatic heterocycles. The molecule has 1 fully saturated rings. The van der Waals surface area contributed by atoms with Crippen molar-refractivity contribution in [2.24, 2.45) is 0 Å². The topological polar surface area (TPSA) is 130 Å². The number of alkyl halides is 3. The zero-order valence-electron chi connectivity index (χ0n) is 18.2. The highest BCUT2D eigenvalue weighted by Crippen LogP contribution is 2.32. The molecular weight excluding hydrogens is 469 g/mol. The van der Waals surface area contributed by atoms with Gasteiger partial charge in [-0.1, -0.05) is 5.21 Å². The molecule has 0 saturated carbocycles. The average molecular weight is 486 g/mol. The fraction of sp³-hybridized carbons (Fsp3) is 0.286. The highest BCUT2D eigenvalue weighted by molar-refractivity contribution is 6.16. The Kier molecular flexibility index (Phi) is 5.31. The lowest BCUT2D eigenvalue weighted by Gasteiger charge is -2.39. The molecule has 0 unspecified atom stereocenters. The fourth-order valence-electron chi connectivity index (χ4n) is 3.74. The molecule has 5 rings (SSSR count). The van der Waals surface area contributed by atoms with Gasteiger partial charge in [-0.25, -0.2) is 14.6 Å². The zero-order chi connectivity index (χ0) is 24.8. The van der Waals surface area contributed by atoms with E-state index in [4.69, 9.17) is 4.74 Å². The summed E-state index contributed by atoms with van der Waals surface area (Å²) in [4.78, 5) is 38.0. The number of ether oxygens (including phenoxy) is 1. The average Bonchev–Trinajstić information content (AvgIpc) is 3.42. The van der Waals surface area contributed by atoms with Crippen molar-refractivity contribution in [3.63, 3.8) is 0 Å². The van der Waals surface area contributed by atoms with Crippen molar-refractivity contribution >= 4 is 28.4 Å². The molecule has 4 aromatic rings. The van der Waals surface area contributed by atoms with E-state index in [9.17, 15) is 22.8 Å². The van der Waals surface area contributed by atoms with Gasteiger partial charge in [-0.15, -0.1) is 5.10 Å². The number of halogens is 3. The third-order valence-corrected chi connectivity index (χ3v) is 5.54. The molecule has 0 spiro atoms. The van der Waals surface area contributed by atoms with Crippen LogP contribution in [0.5, 0.6) is 0 Å². The number of amides is 1.